The molecule has 0 amide bonds. The summed E-state index contributed by atoms with van der Waals surface area (Å²) in [6, 6.07) is 6.99. The van der Waals surface area contributed by atoms with E-state index in [0.29, 0.717) is 17.1 Å². The lowest BCUT2D eigenvalue weighted by atomic mass is 10.1. The summed E-state index contributed by atoms with van der Waals surface area (Å²) in [7, 11) is 0. The van der Waals surface area contributed by atoms with E-state index < -0.39 is 6.35 Å². The molecule has 0 aliphatic carbocycles. The van der Waals surface area contributed by atoms with E-state index in [0.717, 1.165) is 0 Å². The lowest BCUT2D eigenvalue weighted by Crippen LogP contribution is -2.40. The number of rotatable bonds is 3. The van der Waals surface area contributed by atoms with Gasteiger partial charge in [0.1, 0.15) is 11.5 Å². The number of amidine groups is 1. The molecular formula is C14H20N6O. The first-order valence-electron chi connectivity index (χ1n) is 6.57. The van der Waals surface area contributed by atoms with E-state index in [9.17, 15) is 0 Å². The lowest BCUT2D eigenvalue weighted by molar-refractivity contribution is 0.217. The fourth-order valence-corrected chi connectivity index (χ4v) is 1.83. The summed E-state index contributed by atoms with van der Waals surface area (Å²) in [4.78, 5) is 4.41. The van der Waals surface area contributed by atoms with E-state index in [2.05, 4.69) is 10.1 Å². The Balaban J connectivity index is 2.14. The van der Waals surface area contributed by atoms with Gasteiger partial charge in [-0.3, -0.25) is 16.9 Å². The van der Waals surface area contributed by atoms with Crippen LogP contribution in [0.2, 0.25) is 0 Å². The Morgan fingerprint density at radius 1 is 1.24 bits per heavy atom. The van der Waals surface area contributed by atoms with Crippen LogP contribution in [0.5, 0.6) is 5.75 Å². The van der Waals surface area contributed by atoms with Crippen molar-refractivity contribution in [3.8, 4) is 5.75 Å². The second kappa shape index (κ2) is 5.63. The highest BCUT2D eigenvalue weighted by Gasteiger charge is 2.30. The molecule has 0 atom stereocenters. The highest BCUT2D eigenvalue weighted by atomic mass is 16.5. The van der Waals surface area contributed by atoms with Crippen molar-refractivity contribution in [2.45, 2.75) is 32.7 Å². The molecule has 1 aromatic carbocycles. The van der Waals surface area contributed by atoms with Crippen molar-refractivity contribution in [1.82, 2.24) is 5.01 Å². The van der Waals surface area contributed by atoms with Crippen molar-refractivity contribution in [2.75, 3.05) is 0 Å². The summed E-state index contributed by atoms with van der Waals surface area (Å²) >= 11 is 0. The molecule has 1 heterocycles. The van der Waals surface area contributed by atoms with Crippen LogP contribution in [-0.2, 0) is 0 Å². The molecule has 0 bridgehead atoms. The molecule has 21 heavy (non-hydrogen) atoms. The maximum Gasteiger partial charge on any atom is 0.201 e. The fourth-order valence-electron chi connectivity index (χ4n) is 1.83. The van der Waals surface area contributed by atoms with Gasteiger partial charge in [0.15, 0.2) is 5.84 Å². The van der Waals surface area contributed by atoms with E-state index in [-0.39, 0.29) is 11.4 Å². The SMILES string of the molecule is CC(C)(C)N1N=CC(=Nc2ccc(OC(N)N)cc2)C1=N. The van der Waals surface area contributed by atoms with E-state index in [4.69, 9.17) is 21.6 Å². The molecule has 0 saturated carbocycles. The Kier molecular flexibility index (Phi) is 4.06. The minimum Gasteiger partial charge on any atom is -0.463 e. The largest absolute Gasteiger partial charge is 0.463 e. The molecule has 2 rings (SSSR count). The van der Waals surface area contributed by atoms with Gasteiger partial charge in [0, 0.05) is 0 Å². The van der Waals surface area contributed by atoms with Gasteiger partial charge < -0.3 is 4.74 Å². The van der Waals surface area contributed by atoms with Crippen LogP contribution in [0.25, 0.3) is 0 Å². The quantitative estimate of drug-likeness (QED) is 0.730. The Hall–Kier alpha value is -2.25. The summed E-state index contributed by atoms with van der Waals surface area (Å²) in [5.74, 6) is 0.854. The molecule has 0 aromatic heterocycles. The molecule has 5 N–H and O–H groups in total. The van der Waals surface area contributed by atoms with Crippen LogP contribution in [0, 0.1) is 5.41 Å². The number of aliphatic imine (C=N–C) groups is 1. The number of hydrogen-bond acceptors (Lipinski definition) is 6. The predicted molar refractivity (Wildman–Crippen MR) is 84.1 cm³/mol. The lowest BCUT2D eigenvalue weighted by Gasteiger charge is -2.29. The molecule has 0 saturated heterocycles. The molecule has 0 fully saturated rings. The van der Waals surface area contributed by atoms with Gasteiger partial charge in [0.05, 0.1) is 17.4 Å². The summed E-state index contributed by atoms with van der Waals surface area (Å²) in [6.07, 6.45) is 0.742. The third-order valence-electron chi connectivity index (χ3n) is 2.74. The Labute approximate surface area is 123 Å². The fraction of sp³-hybridized carbons (Fsp3) is 0.357. The molecule has 7 nitrogen and oxygen atoms in total. The van der Waals surface area contributed by atoms with Crippen LogP contribution < -0.4 is 16.2 Å². The van der Waals surface area contributed by atoms with Crippen molar-refractivity contribution in [3.63, 3.8) is 0 Å². The van der Waals surface area contributed by atoms with E-state index >= 15 is 0 Å². The van der Waals surface area contributed by atoms with Crippen molar-refractivity contribution >= 4 is 23.4 Å². The normalized spacial score (nSPS) is 17.1. The Bertz CT molecular complexity index is 582. The first kappa shape index (κ1) is 15.1. The predicted octanol–water partition coefficient (Wildman–Crippen LogP) is 1.42. The Morgan fingerprint density at radius 3 is 2.33 bits per heavy atom. The summed E-state index contributed by atoms with van der Waals surface area (Å²) in [6.45, 7) is 5.97. The van der Waals surface area contributed by atoms with Crippen LogP contribution >= 0.6 is 0 Å². The first-order valence-corrected chi connectivity index (χ1v) is 6.57. The minimum atomic E-state index is -0.849. The number of nitrogens with two attached hydrogens (primary N) is 2. The molecule has 0 spiro atoms. The van der Waals surface area contributed by atoms with Gasteiger partial charge in [0.25, 0.3) is 0 Å². The standard InChI is InChI=1S/C14H20N6O/c1-14(2,3)20-12(15)11(8-18-20)19-9-4-6-10(7-5-9)21-13(16)17/h4-8,13,15H,16-17H2,1-3H3. The van der Waals surface area contributed by atoms with Gasteiger partial charge >= 0.3 is 0 Å². The Morgan fingerprint density at radius 2 is 1.86 bits per heavy atom. The highest BCUT2D eigenvalue weighted by Crippen LogP contribution is 2.21. The van der Waals surface area contributed by atoms with E-state index in [1.807, 2.05) is 20.8 Å². The number of nitrogens with zero attached hydrogens (tertiary/aromatic N) is 3. The van der Waals surface area contributed by atoms with Crippen molar-refractivity contribution in [3.05, 3.63) is 24.3 Å². The molecule has 0 radical (unpaired) electrons. The monoisotopic (exact) mass is 288 g/mol. The summed E-state index contributed by atoms with van der Waals surface area (Å²) < 4.78 is 5.15. The molecule has 1 aromatic rings. The van der Waals surface area contributed by atoms with Crippen LogP contribution in [0.4, 0.5) is 5.69 Å². The van der Waals surface area contributed by atoms with Crippen molar-refractivity contribution < 1.29 is 4.74 Å². The zero-order valence-corrected chi connectivity index (χ0v) is 12.4. The average molecular weight is 288 g/mol. The van der Waals surface area contributed by atoms with Gasteiger partial charge in [-0.05, 0) is 45.0 Å². The molecular weight excluding hydrogens is 268 g/mol. The van der Waals surface area contributed by atoms with Crippen LogP contribution in [-0.4, -0.2) is 34.7 Å². The van der Waals surface area contributed by atoms with Crippen LogP contribution in [0.15, 0.2) is 34.4 Å². The van der Waals surface area contributed by atoms with Crippen molar-refractivity contribution in [1.29, 1.82) is 5.41 Å². The van der Waals surface area contributed by atoms with Crippen molar-refractivity contribution in [2.24, 2.45) is 21.6 Å². The number of benzene rings is 1. The number of hydrogen-bond donors (Lipinski definition) is 3. The smallest absolute Gasteiger partial charge is 0.201 e. The van der Waals surface area contributed by atoms with Gasteiger partial charge in [-0.25, -0.2) is 10.0 Å². The number of nitrogens with one attached hydrogen (secondary N) is 1. The topological polar surface area (TPSA) is 113 Å². The van der Waals surface area contributed by atoms with Gasteiger partial charge in [-0.1, -0.05) is 0 Å². The third-order valence-corrected chi connectivity index (χ3v) is 2.74. The molecule has 1 aliphatic heterocycles. The summed E-state index contributed by atoms with van der Waals surface area (Å²) in [5.41, 5.74) is 11.7. The molecule has 0 unspecified atom stereocenters. The zero-order chi connectivity index (χ0) is 15.6. The zero-order valence-electron chi connectivity index (χ0n) is 12.4. The van der Waals surface area contributed by atoms with E-state index in [1.54, 1.807) is 35.5 Å². The number of hydrazone groups is 1. The minimum absolute atomic E-state index is 0.250. The van der Waals surface area contributed by atoms with Gasteiger partial charge in [-0.15, -0.1) is 0 Å². The average Bonchev–Trinajstić information content (AvgIpc) is 2.72. The first-order chi connectivity index (χ1) is 9.77. The molecule has 1 aliphatic rings. The highest BCUT2D eigenvalue weighted by molar-refractivity contribution is 6.63. The number of ether oxygens (including phenoxy) is 1. The van der Waals surface area contributed by atoms with E-state index in [1.165, 1.54) is 0 Å². The molecule has 112 valence electrons. The van der Waals surface area contributed by atoms with Gasteiger partial charge in [0.2, 0.25) is 6.35 Å². The summed E-state index contributed by atoms with van der Waals surface area (Å²) in [5, 5.41) is 14.0. The van der Waals surface area contributed by atoms with Crippen LogP contribution in [0.1, 0.15) is 20.8 Å². The second-order valence-corrected chi connectivity index (χ2v) is 5.65. The third kappa shape index (κ3) is 3.65. The van der Waals surface area contributed by atoms with Gasteiger partial charge in [-0.2, -0.15) is 5.10 Å². The van der Waals surface area contributed by atoms with Crippen LogP contribution in [0.3, 0.4) is 0 Å². The molecule has 7 heteroatoms. The second-order valence-electron chi connectivity index (χ2n) is 5.65. The maximum absolute atomic E-state index is 8.12. The maximum atomic E-state index is 8.12.